The molecule has 1 aliphatic rings. The number of allylic oxidation sites excluding steroid dienone is 2. The van der Waals surface area contributed by atoms with Gasteiger partial charge in [-0.3, -0.25) is 0 Å². The Labute approximate surface area is 83.9 Å². The summed E-state index contributed by atoms with van der Waals surface area (Å²) in [6.07, 6.45) is 6.75. The van der Waals surface area contributed by atoms with Crippen LogP contribution in [0.2, 0.25) is 0 Å². The molecule has 0 radical (unpaired) electrons. The van der Waals surface area contributed by atoms with Crippen molar-refractivity contribution in [3.63, 3.8) is 0 Å². The fourth-order valence-corrected chi connectivity index (χ4v) is 1.91. The predicted octanol–water partition coefficient (Wildman–Crippen LogP) is 3.10. The van der Waals surface area contributed by atoms with Crippen LogP contribution in [0.4, 0.5) is 0 Å². The molecule has 0 saturated heterocycles. The quantitative estimate of drug-likeness (QED) is 0.683. The predicted molar refractivity (Wildman–Crippen MR) is 54.8 cm³/mol. The molecule has 2 nitrogen and oxygen atoms in total. The molecule has 0 aliphatic heterocycles. The van der Waals surface area contributed by atoms with Crippen molar-refractivity contribution in [3.05, 3.63) is 48.6 Å². The van der Waals surface area contributed by atoms with Crippen LogP contribution in [0.25, 0.3) is 0 Å². The standard InChI is InChI=1S/C12H14O2/c1-3-9-7-10(8-12(9)13-2)11-5-4-6-14-11/h3-6,8-10H,1,7H2,2H3/t9-,10+/m0/s1. The fraction of sp³-hybridized carbons (Fsp3) is 0.333. The summed E-state index contributed by atoms with van der Waals surface area (Å²) in [5, 5.41) is 0. The van der Waals surface area contributed by atoms with Gasteiger partial charge in [0.15, 0.2) is 0 Å². The van der Waals surface area contributed by atoms with E-state index in [0.29, 0.717) is 11.8 Å². The summed E-state index contributed by atoms with van der Waals surface area (Å²) in [7, 11) is 1.70. The Bertz CT molecular complexity index is 335. The number of hydrogen-bond donors (Lipinski definition) is 0. The van der Waals surface area contributed by atoms with E-state index >= 15 is 0 Å². The number of ether oxygens (including phenoxy) is 1. The van der Waals surface area contributed by atoms with Crippen molar-refractivity contribution in [1.82, 2.24) is 0 Å². The summed E-state index contributed by atoms with van der Waals surface area (Å²) in [6, 6.07) is 3.91. The molecule has 0 unspecified atom stereocenters. The van der Waals surface area contributed by atoms with Gasteiger partial charge < -0.3 is 9.15 Å². The zero-order valence-electron chi connectivity index (χ0n) is 8.27. The van der Waals surface area contributed by atoms with Gasteiger partial charge in [0.25, 0.3) is 0 Å². The maximum absolute atomic E-state index is 5.37. The number of hydrogen-bond acceptors (Lipinski definition) is 2. The van der Waals surface area contributed by atoms with E-state index in [9.17, 15) is 0 Å². The topological polar surface area (TPSA) is 22.4 Å². The minimum Gasteiger partial charge on any atom is -0.501 e. The first-order chi connectivity index (χ1) is 6.85. The Morgan fingerprint density at radius 2 is 2.50 bits per heavy atom. The average molecular weight is 190 g/mol. The zero-order valence-corrected chi connectivity index (χ0v) is 8.27. The van der Waals surface area contributed by atoms with Crippen molar-refractivity contribution >= 4 is 0 Å². The third-order valence-corrected chi connectivity index (χ3v) is 2.67. The first-order valence-corrected chi connectivity index (χ1v) is 4.76. The van der Waals surface area contributed by atoms with Crippen molar-refractivity contribution < 1.29 is 9.15 Å². The van der Waals surface area contributed by atoms with Crippen LogP contribution < -0.4 is 0 Å². The molecule has 0 fully saturated rings. The van der Waals surface area contributed by atoms with Crippen LogP contribution >= 0.6 is 0 Å². The molecule has 0 aromatic carbocycles. The summed E-state index contributed by atoms with van der Waals surface area (Å²) in [5.74, 6) is 2.67. The highest BCUT2D eigenvalue weighted by Crippen LogP contribution is 2.37. The molecule has 0 spiro atoms. The lowest BCUT2D eigenvalue weighted by molar-refractivity contribution is 0.263. The molecule has 0 saturated carbocycles. The number of methoxy groups -OCH3 is 1. The lowest BCUT2D eigenvalue weighted by Crippen LogP contribution is -1.97. The molecule has 2 rings (SSSR count). The molecule has 0 N–H and O–H groups in total. The van der Waals surface area contributed by atoms with Gasteiger partial charge in [-0.1, -0.05) is 6.08 Å². The van der Waals surface area contributed by atoms with Gasteiger partial charge in [-0.15, -0.1) is 6.58 Å². The minimum absolute atomic E-state index is 0.329. The summed E-state index contributed by atoms with van der Waals surface area (Å²) in [5.41, 5.74) is 0. The SMILES string of the molecule is C=C[C@H]1C[C@@H](c2ccco2)C=C1OC. The number of rotatable bonds is 3. The molecule has 74 valence electrons. The highest BCUT2D eigenvalue weighted by molar-refractivity contribution is 5.24. The van der Waals surface area contributed by atoms with Gasteiger partial charge >= 0.3 is 0 Å². The zero-order chi connectivity index (χ0) is 9.97. The highest BCUT2D eigenvalue weighted by atomic mass is 16.5. The van der Waals surface area contributed by atoms with Gasteiger partial charge in [-0.25, -0.2) is 0 Å². The van der Waals surface area contributed by atoms with Crippen molar-refractivity contribution in [2.45, 2.75) is 12.3 Å². The van der Waals surface area contributed by atoms with Crippen LogP contribution in [-0.2, 0) is 4.74 Å². The van der Waals surface area contributed by atoms with E-state index in [0.717, 1.165) is 17.9 Å². The lowest BCUT2D eigenvalue weighted by atomic mass is 10.0. The molecular formula is C12H14O2. The maximum Gasteiger partial charge on any atom is 0.110 e. The molecule has 1 aromatic rings. The van der Waals surface area contributed by atoms with E-state index in [-0.39, 0.29) is 0 Å². The fourth-order valence-electron chi connectivity index (χ4n) is 1.91. The van der Waals surface area contributed by atoms with Gasteiger partial charge in [0.2, 0.25) is 0 Å². The second kappa shape index (κ2) is 3.74. The van der Waals surface area contributed by atoms with Crippen molar-refractivity contribution in [2.75, 3.05) is 7.11 Å². The van der Waals surface area contributed by atoms with E-state index in [1.54, 1.807) is 13.4 Å². The van der Waals surface area contributed by atoms with Crippen LogP contribution in [0.15, 0.2) is 47.3 Å². The molecule has 14 heavy (non-hydrogen) atoms. The Morgan fingerprint density at radius 3 is 3.00 bits per heavy atom. The van der Waals surface area contributed by atoms with E-state index in [1.165, 1.54) is 0 Å². The number of furan rings is 1. The smallest absolute Gasteiger partial charge is 0.110 e. The van der Waals surface area contributed by atoms with Crippen LogP contribution in [0.3, 0.4) is 0 Å². The highest BCUT2D eigenvalue weighted by Gasteiger charge is 2.27. The molecule has 0 amide bonds. The summed E-state index contributed by atoms with van der Waals surface area (Å²) in [6.45, 7) is 3.81. The lowest BCUT2D eigenvalue weighted by Gasteiger charge is -2.08. The van der Waals surface area contributed by atoms with Crippen LogP contribution in [0.5, 0.6) is 0 Å². The summed E-state index contributed by atoms with van der Waals surface area (Å²) < 4.78 is 10.7. The second-order valence-corrected chi connectivity index (χ2v) is 3.47. The van der Waals surface area contributed by atoms with Crippen LogP contribution in [0.1, 0.15) is 18.1 Å². The third kappa shape index (κ3) is 1.48. The van der Waals surface area contributed by atoms with Crippen molar-refractivity contribution in [3.8, 4) is 0 Å². The first-order valence-electron chi connectivity index (χ1n) is 4.76. The monoisotopic (exact) mass is 190 g/mol. The third-order valence-electron chi connectivity index (χ3n) is 2.67. The minimum atomic E-state index is 0.329. The molecular weight excluding hydrogens is 176 g/mol. The van der Waals surface area contributed by atoms with E-state index < -0.39 is 0 Å². The van der Waals surface area contributed by atoms with Gasteiger partial charge in [0.1, 0.15) is 5.76 Å². The van der Waals surface area contributed by atoms with Crippen molar-refractivity contribution in [1.29, 1.82) is 0 Å². The molecule has 2 atom stereocenters. The Balaban J connectivity index is 2.19. The Hall–Kier alpha value is -1.44. The Kier molecular flexibility index (Phi) is 2.44. The maximum atomic E-state index is 5.37. The van der Waals surface area contributed by atoms with Gasteiger partial charge in [0.05, 0.1) is 19.1 Å². The average Bonchev–Trinajstić information content (AvgIpc) is 2.85. The molecule has 1 aromatic heterocycles. The van der Waals surface area contributed by atoms with E-state index in [2.05, 4.69) is 12.7 Å². The Morgan fingerprint density at radius 1 is 1.64 bits per heavy atom. The van der Waals surface area contributed by atoms with Crippen molar-refractivity contribution in [2.24, 2.45) is 5.92 Å². The molecule has 1 aliphatic carbocycles. The van der Waals surface area contributed by atoms with Crippen LogP contribution in [-0.4, -0.2) is 7.11 Å². The molecule has 0 bridgehead atoms. The molecule has 2 heteroatoms. The normalized spacial score (nSPS) is 25.9. The van der Waals surface area contributed by atoms with E-state index in [1.807, 2.05) is 18.2 Å². The molecule has 1 heterocycles. The summed E-state index contributed by atoms with van der Waals surface area (Å²) >= 11 is 0. The van der Waals surface area contributed by atoms with Gasteiger partial charge in [0, 0.05) is 11.8 Å². The van der Waals surface area contributed by atoms with Gasteiger partial charge in [-0.2, -0.15) is 0 Å². The summed E-state index contributed by atoms with van der Waals surface area (Å²) in [4.78, 5) is 0. The van der Waals surface area contributed by atoms with Crippen LogP contribution in [0, 0.1) is 5.92 Å². The first kappa shape index (κ1) is 9.13. The van der Waals surface area contributed by atoms with E-state index in [4.69, 9.17) is 9.15 Å². The van der Waals surface area contributed by atoms with Gasteiger partial charge in [-0.05, 0) is 24.6 Å². The largest absolute Gasteiger partial charge is 0.501 e. The second-order valence-electron chi connectivity index (χ2n) is 3.47.